The Hall–Kier alpha value is -2.67. The zero-order valence-corrected chi connectivity index (χ0v) is 16.4. The van der Waals surface area contributed by atoms with E-state index >= 15 is 0 Å². The van der Waals surface area contributed by atoms with Gasteiger partial charge in [0, 0.05) is 37.5 Å². The van der Waals surface area contributed by atoms with E-state index in [9.17, 15) is 4.39 Å². The molecule has 0 saturated carbocycles. The molecule has 1 atom stereocenters. The van der Waals surface area contributed by atoms with Crippen molar-refractivity contribution in [2.75, 3.05) is 32.1 Å². The molecule has 0 amide bonds. The Morgan fingerprint density at radius 3 is 3.00 bits per heavy atom. The van der Waals surface area contributed by atoms with Gasteiger partial charge in [-0.05, 0) is 56.5 Å². The number of nitrogens with one attached hydrogen (secondary N) is 1. The summed E-state index contributed by atoms with van der Waals surface area (Å²) < 4.78 is 21.8. The molecule has 1 aromatic carbocycles. The zero-order chi connectivity index (χ0) is 19.5. The lowest BCUT2D eigenvalue weighted by molar-refractivity contribution is 0.230. The van der Waals surface area contributed by atoms with Gasteiger partial charge in [-0.1, -0.05) is 0 Å². The summed E-state index contributed by atoms with van der Waals surface area (Å²) in [4.78, 5) is 7.03. The Morgan fingerprint density at radius 2 is 2.21 bits per heavy atom. The third kappa shape index (κ3) is 3.94. The Bertz CT molecular complexity index is 957. The molecular formula is C21H26FN5O. The van der Waals surface area contributed by atoms with Gasteiger partial charge in [0.2, 0.25) is 0 Å². The highest BCUT2D eigenvalue weighted by molar-refractivity contribution is 5.78. The summed E-state index contributed by atoms with van der Waals surface area (Å²) in [5.74, 6) is 0.941. The molecule has 1 aliphatic rings. The van der Waals surface area contributed by atoms with E-state index in [1.54, 1.807) is 10.7 Å². The van der Waals surface area contributed by atoms with Crippen LogP contribution in [0, 0.1) is 5.82 Å². The van der Waals surface area contributed by atoms with E-state index in [1.165, 1.54) is 31.5 Å². The van der Waals surface area contributed by atoms with Crippen LogP contribution < -0.4 is 10.1 Å². The molecule has 3 heterocycles. The van der Waals surface area contributed by atoms with E-state index in [4.69, 9.17) is 4.74 Å². The van der Waals surface area contributed by atoms with Gasteiger partial charge in [0.25, 0.3) is 0 Å². The number of anilines is 1. The summed E-state index contributed by atoms with van der Waals surface area (Å²) in [6, 6.07) is 7.27. The quantitative estimate of drug-likeness (QED) is 0.629. The third-order valence-electron chi connectivity index (χ3n) is 5.36. The van der Waals surface area contributed by atoms with E-state index in [0.29, 0.717) is 29.6 Å². The first-order valence-electron chi connectivity index (χ1n) is 9.84. The summed E-state index contributed by atoms with van der Waals surface area (Å²) in [6.07, 6.45) is 7.01. The van der Waals surface area contributed by atoms with Crippen molar-refractivity contribution in [1.29, 1.82) is 0 Å². The number of hydrogen-bond donors (Lipinski definition) is 1. The number of fused-ring (bicyclic) bond motifs is 1. The van der Waals surface area contributed by atoms with Crippen LogP contribution in [0.2, 0.25) is 0 Å². The maximum Gasteiger partial charge on any atom is 0.165 e. The number of benzene rings is 1. The molecule has 7 heteroatoms. The maximum atomic E-state index is 14.2. The molecule has 3 aromatic rings. The van der Waals surface area contributed by atoms with E-state index in [-0.39, 0.29) is 5.82 Å². The molecule has 28 heavy (non-hydrogen) atoms. The Morgan fingerprint density at radius 1 is 1.32 bits per heavy atom. The van der Waals surface area contributed by atoms with Crippen LogP contribution in [-0.4, -0.2) is 52.3 Å². The molecule has 0 spiro atoms. The summed E-state index contributed by atoms with van der Waals surface area (Å²) in [5, 5.41) is 7.33. The van der Waals surface area contributed by atoms with Crippen LogP contribution in [0.1, 0.15) is 26.2 Å². The molecule has 1 N–H and O–H groups in total. The lowest BCUT2D eigenvalue weighted by Gasteiger charge is -2.20. The monoisotopic (exact) mass is 383 g/mol. The fraction of sp³-hybridized carbons (Fsp3) is 0.429. The predicted octanol–water partition coefficient (Wildman–Crippen LogP) is 3.83. The lowest BCUT2D eigenvalue weighted by Crippen LogP contribution is -2.28. The van der Waals surface area contributed by atoms with Gasteiger partial charge in [-0.15, -0.1) is 0 Å². The van der Waals surface area contributed by atoms with E-state index < -0.39 is 0 Å². The number of hydrogen-bond acceptors (Lipinski definition) is 5. The molecule has 1 fully saturated rings. The molecule has 148 valence electrons. The highest BCUT2D eigenvalue weighted by Crippen LogP contribution is 2.29. The van der Waals surface area contributed by atoms with Gasteiger partial charge in [-0.25, -0.2) is 13.9 Å². The van der Waals surface area contributed by atoms with Crippen LogP contribution in [0.3, 0.4) is 0 Å². The second-order valence-electron chi connectivity index (χ2n) is 7.29. The van der Waals surface area contributed by atoms with Gasteiger partial charge in [0.1, 0.15) is 17.4 Å². The number of ether oxygens (including phenoxy) is 1. The number of aromatic nitrogens is 3. The highest BCUT2D eigenvalue weighted by atomic mass is 19.1. The minimum atomic E-state index is -0.329. The predicted molar refractivity (Wildman–Crippen MR) is 108 cm³/mol. The second kappa shape index (κ2) is 8.14. The van der Waals surface area contributed by atoms with Gasteiger partial charge >= 0.3 is 0 Å². The average Bonchev–Trinajstić information content (AvgIpc) is 3.30. The maximum absolute atomic E-state index is 14.2. The van der Waals surface area contributed by atoms with E-state index in [0.717, 1.165) is 24.3 Å². The second-order valence-corrected chi connectivity index (χ2v) is 7.29. The van der Waals surface area contributed by atoms with Crippen molar-refractivity contribution in [3.63, 3.8) is 0 Å². The molecule has 0 aliphatic carbocycles. The number of nitrogens with zero attached hydrogens (tertiary/aromatic N) is 4. The van der Waals surface area contributed by atoms with Crippen LogP contribution in [0.15, 0.2) is 36.7 Å². The molecule has 0 radical (unpaired) electrons. The molecule has 2 aromatic heterocycles. The minimum absolute atomic E-state index is 0.329. The molecule has 0 unspecified atom stereocenters. The van der Waals surface area contributed by atoms with Crippen LogP contribution in [-0.2, 0) is 0 Å². The van der Waals surface area contributed by atoms with Crippen molar-refractivity contribution in [3.05, 3.63) is 42.5 Å². The van der Waals surface area contributed by atoms with E-state index in [2.05, 4.69) is 27.2 Å². The molecule has 1 saturated heterocycles. The van der Waals surface area contributed by atoms with Crippen LogP contribution in [0.4, 0.5) is 10.2 Å². The first-order chi connectivity index (χ1) is 13.6. The SMILES string of the molecule is CNc1ccn2ncc(-c3cc(F)cc(OCCCN4CCC[C@@H]4C)c3)c2n1. The summed E-state index contributed by atoms with van der Waals surface area (Å²) in [7, 11) is 1.81. The fourth-order valence-corrected chi connectivity index (χ4v) is 3.80. The van der Waals surface area contributed by atoms with Crippen molar-refractivity contribution >= 4 is 11.5 Å². The number of rotatable bonds is 7. The van der Waals surface area contributed by atoms with Crippen molar-refractivity contribution in [2.45, 2.75) is 32.2 Å². The van der Waals surface area contributed by atoms with Gasteiger partial charge in [-0.2, -0.15) is 5.10 Å². The average molecular weight is 383 g/mol. The number of likely N-dealkylation sites (tertiary alicyclic amines) is 1. The van der Waals surface area contributed by atoms with Crippen molar-refractivity contribution < 1.29 is 9.13 Å². The summed E-state index contributed by atoms with van der Waals surface area (Å²) in [5.41, 5.74) is 2.15. The van der Waals surface area contributed by atoms with Gasteiger partial charge in [-0.3, -0.25) is 0 Å². The standard InChI is InChI=1S/C21H26FN5O/c1-15-5-3-7-26(15)8-4-10-28-18-12-16(11-17(22)13-18)19-14-24-27-9-6-20(23-2)25-21(19)27/h6,9,11-15H,3-5,7-8,10H2,1-2H3,(H,23,25)/t15-/m0/s1. The van der Waals surface area contributed by atoms with Crippen molar-refractivity contribution in [2.24, 2.45) is 0 Å². The normalized spacial score (nSPS) is 17.3. The molecule has 4 rings (SSSR count). The Kier molecular flexibility index (Phi) is 5.43. The van der Waals surface area contributed by atoms with Crippen LogP contribution >= 0.6 is 0 Å². The molecule has 1 aliphatic heterocycles. The van der Waals surface area contributed by atoms with Gasteiger partial charge in [0.05, 0.1) is 12.8 Å². The molecule has 6 nitrogen and oxygen atoms in total. The molecular weight excluding hydrogens is 357 g/mol. The summed E-state index contributed by atoms with van der Waals surface area (Å²) in [6.45, 7) is 5.04. The number of halogens is 1. The fourth-order valence-electron chi connectivity index (χ4n) is 3.80. The minimum Gasteiger partial charge on any atom is -0.493 e. The van der Waals surface area contributed by atoms with Gasteiger partial charge < -0.3 is 15.0 Å². The Balaban J connectivity index is 1.48. The third-order valence-corrected chi connectivity index (χ3v) is 5.36. The highest BCUT2D eigenvalue weighted by Gasteiger charge is 2.19. The largest absolute Gasteiger partial charge is 0.493 e. The first-order valence-corrected chi connectivity index (χ1v) is 9.84. The summed E-state index contributed by atoms with van der Waals surface area (Å²) >= 11 is 0. The van der Waals surface area contributed by atoms with Crippen LogP contribution in [0.5, 0.6) is 5.75 Å². The first kappa shape index (κ1) is 18.7. The van der Waals surface area contributed by atoms with E-state index in [1.807, 2.05) is 25.4 Å². The van der Waals surface area contributed by atoms with Crippen molar-refractivity contribution in [1.82, 2.24) is 19.5 Å². The van der Waals surface area contributed by atoms with Crippen molar-refractivity contribution in [3.8, 4) is 16.9 Å². The zero-order valence-electron chi connectivity index (χ0n) is 16.4. The molecule has 0 bridgehead atoms. The van der Waals surface area contributed by atoms with Gasteiger partial charge in [0.15, 0.2) is 5.65 Å². The smallest absolute Gasteiger partial charge is 0.165 e. The Labute approximate surface area is 164 Å². The topological polar surface area (TPSA) is 54.7 Å². The van der Waals surface area contributed by atoms with Crippen LogP contribution in [0.25, 0.3) is 16.8 Å². The lowest BCUT2D eigenvalue weighted by atomic mass is 10.1.